The smallest absolute Gasteiger partial charge is 0.317 e. The number of rotatable bonds is 3. The van der Waals surface area contributed by atoms with Crippen molar-refractivity contribution in [3.63, 3.8) is 0 Å². The number of hydrogen-bond acceptors (Lipinski definition) is 5. The summed E-state index contributed by atoms with van der Waals surface area (Å²) in [7, 11) is 0. The lowest BCUT2D eigenvalue weighted by atomic mass is 10.2. The van der Waals surface area contributed by atoms with Crippen LogP contribution in [0.5, 0.6) is 0 Å². The molecule has 0 aliphatic carbocycles. The number of piperazine rings is 1. The summed E-state index contributed by atoms with van der Waals surface area (Å²) in [6, 6.07) is 9.17. The third kappa shape index (κ3) is 3.22. The molecular formula is C13H15N3O3. The van der Waals surface area contributed by atoms with Gasteiger partial charge >= 0.3 is 5.97 Å². The van der Waals surface area contributed by atoms with E-state index in [2.05, 4.69) is 6.07 Å². The average Bonchev–Trinajstić information content (AvgIpc) is 2.41. The molecule has 1 aromatic carbocycles. The molecule has 2 N–H and O–H groups in total. The summed E-state index contributed by atoms with van der Waals surface area (Å²) in [5.41, 5.74) is 1.52. The van der Waals surface area contributed by atoms with E-state index in [1.165, 1.54) is 4.90 Å². The maximum atomic E-state index is 10.6. The van der Waals surface area contributed by atoms with E-state index in [1.54, 1.807) is 12.1 Å². The van der Waals surface area contributed by atoms with Gasteiger partial charge < -0.3 is 15.1 Å². The van der Waals surface area contributed by atoms with E-state index in [-0.39, 0.29) is 6.54 Å². The van der Waals surface area contributed by atoms with Gasteiger partial charge in [-0.15, -0.1) is 0 Å². The standard InChI is InChI=1S/C13H15N3O3/c14-7-10-1-3-11(4-2-10)15-5-6-16(9-13(18)19)12(17)8-15/h1-4,12,17H,5-6,8-9H2,(H,18,19). The summed E-state index contributed by atoms with van der Waals surface area (Å²) in [6.07, 6.45) is -0.791. The molecule has 6 nitrogen and oxygen atoms in total. The number of carboxylic acids is 1. The Balaban J connectivity index is 2.01. The second-order valence-corrected chi connectivity index (χ2v) is 4.45. The number of benzene rings is 1. The minimum absolute atomic E-state index is 0.150. The molecule has 1 fully saturated rings. The number of anilines is 1. The molecule has 0 saturated carbocycles. The number of aliphatic hydroxyl groups excluding tert-OH is 1. The van der Waals surface area contributed by atoms with Crippen molar-refractivity contribution in [1.82, 2.24) is 4.90 Å². The minimum Gasteiger partial charge on any atom is -0.480 e. The number of aliphatic hydroxyl groups is 1. The van der Waals surface area contributed by atoms with E-state index in [1.807, 2.05) is 17.0 Å². The third-order valence-electron chi connectivity index (χ3n) is 3.16. The second kappa shape index (κ2) is 5.69. The fourth-order valence-electron chi connectivity index (χ4n) is 2.14. The van der Waals surface area contributed by atoms with Crippen molar-refractivity contribution < 1.29 is 15.0 Å². The molecule has 1 saturated heterocycles. The number of nitriles is 1. The van der Waals surface area contributed by atoms with Gasteiger partial charge in [0.05, 0.1) is 24.7 Å². The number of carboxylic acid groups (broad SMARTS) is 1. The Labute approximate surface area is 111 Å². The van der Waals surface area contributed by atoms with Crippen molar-refractivity contribution in [3.8, 4) is 6.07 Å². The molecule has 0 spiro atoms. The first-order chi connectivity index (χ1) is 9.10. The maximum Gasteiger partial charge on any atom is 0.317 e. The zero-order valence-corrected chi connectivity index (χ0v) is 10.4. The summed E-state index contributed by atoms with van der Waals surface area (Å²) < 4.78 is 0. The average molecular weight is 261 g/mol. The van der Waals surface area contributed by atoms with Gasteiger partial charge in [0.1, 0.15) is 6.23 Å². The van der Waals surface area contributed by atoms with Crippen molar-refractivity contribution in [2.24, 2.45) is 0 Å². The van der Waals surface area contributed by atoms with E-state index in [4.69, 9.17) is 10.4 Å². The van der Waals surface area contributed by atoms with E-state index in [0.29, 0.717) is 25.2 Å². The Kier molecular flexibility index (Phi) is 4.00. The molecule has 1 unspecified atom stereocenters. The Bertz CT molecular complexity index is 495. The number of nitrogens with zero attached hydrogens (tertiary/aromatic N) is 3. The van der Waals surface area contributed by atoms with Crippen LogP contribution in [0.3, 0.4) is 0 Å². The van der Waals surface area contributed by atoms with Gasteiger partial charge in [0.25, 0.3) is 0 Å². The fraction of sp³-hybridized carbons (Fsp3) is 0.385. The van der Waals surface area contributed by atoms with E-state index < -0.39 is 12.2 Å². The summed E-state index contributed by atoms with van der Waals surface area (Å²) >= 11 is 0. The van der Waals surface area contributed by atoms with Gasteiger partial charge in [-0.05, 0) is 24.3 Å². The molecule has 1 aromatic rings. The van der Waals surface area contributed by atoms with E-state index >= 15 is 0 Å². The highest BCUT2D eigenvalue weighted by molar-refractivity contribution is 5.69. The van der Waals surface area contributed by atoms with Gasteiger partial charge in [-0.1, -0.05) is 0 Å². The third-order valence-corrected chi connectivity index (χ3v) is 3.16. The predicted molar refractivity (Wildman–Crippen MR) is 68.6 cm³/mol. The van der Waals surface area contributed by atoms with Crippen molar-refractivity contribution in [2.45, 2.75) is 6.23 Å². The van der Waals surface area contributed by atoms with Gasteiger partial charge in [0.2, 0.25) is 0 Å². The van der Waals surface area contributed by atoms with Crippen LogP contribution in [0.1, 0.15) is 5.56 Å². The molecular weight excluding hydrogens is 246 g/mol. The van der Waals surface area contributed by atoms with Crippen LogP contribution in [-0.4, -0.2) is 53.5 Å². The van der Waals surface area contributed by atoms with Crippen molar-refractivity contribution >= 4 is 11.7 Å². The summed E-state index contributed by atoms with van der Waals surface area (Å²) in [5, 5.41) is 27.4. The molecule has 0 amide bonds. The van der Waals surface area contributed by atoms with Crippen LogP contribution in [0.2, 0.25) is 0 Å². The van der Waals surface area contributed by atoms with Crippen LogP contribution >= 0.6 is 0 Å². The molecule has 0 aromatic heterocycles. The van der Waals surface area contributed by atoms with Crippen molar-refractivity contribution in [2.75, 3.05) is 31.1 Å². The van der Waals surface area contributed by atoms with E-state index in [9.17, 15) is 9.90 Å². The van der Waals surface area contributed by atoms with Crippen molar-refractivity contribution in [1.29, 1.82) is 5.26 Å². The van der Waals surface area contributed by atoms with Crippen LogP contribution in [0.4, 0.5) is 5.69 Å². The monoisotopic (exact) mass is 261 g/mol. The van der Waals surface area contributed by atoms with Gasteiger partial charge in [0, 0.05) is 18.8 Å². The van der Waals surface area contributed by atoms with Gasteiger partial charge in [0.15, 0.2) is 0 Å². The molecule has 6 heteroatoms. The Hall–Kier alpha value is -2.10. The Morgan fingerprint density at radius 3 is 2.58 bits per heavy atom. The van der Waals surface area contributed by atoms with Crippen LogP contribution in [0, 0.1) is 11.3 Å². The van der Waals surface area contributed by atoms with Crippen LogP contribution < -0.4 is 4.90 Å². The SMILES string of the molecule is N#Cc1ccc(N2CCN(CC(=O)O)C(O)C2)cc1. The molecule has 1 aliphatic heterocycles. The van der Waals surface area contributed by atoms with Crippen molar-refractivity contribution in [3.05, 3.63) is 29.8 Å². The van der Waals surface area contributed by atoms with Gasteiger partial charge in [-0.2, -0.15) is 5.26 Å². The zero-order chi connectivity index (χ0) is 13.8. The van der Waals surface area contributed by atoms with Crippen LogP contribution in [0.15, 0.2) is 24.3 Å². The second-order valence-electron chi connectivity index (χ2n) is 4.45. The highest BCUT2D eigenvalue weighted by atomic mass is 16.4. The quantitative estimate of drug-likeness (QED) is 0.801. The largest absolute Gasteiger partial charge is 0.480 e. The normalized spacial score (nSPS) is 20.0. The maximum absolute atomic E-state index is 10.6. The molecule has 19 heavy (non-hydrogen) atoms. The molecule has 1 aliphatic rings. The Morgan fingerprint density at radius 2 is 2.05 bits per heavy atom. The molecule has 1 atom stereocenters. The molecule has 0 radical (unpaired) electrons. The van der Waals surface area contributed by atoms with Crippen LogP contribution in [0.25, 0.3) is 0 Å². The highest BCUT2D eigenvalue weighted by Gasteiger charge is 2.26. The lowest BCUT2D eigenvalue weighted by molar-refractivity contribution is -0.141. The zero-order valence-electron chi connectivity index (χ0n) is 10.4. The summed E-state index contributed by atoms with van der Waals surface area (Å²) in [4.78, 5) is 14.1. The first-order valence-corrected chi connectivity index (χ1v) is 5.99. The number of aliphatic carboxylic acids is 1. The molecule has 0 bridgehead atoms. The number of hydrogen-bond donors (Lipinski definition) is 2. The Morgan fingerprint density at radius 1 is 1.37 bits per heavy atom. The predicted octanol–water partition coefficient (Wildman–Crippen LogP) is 0.0833. The summed E-state index contributed by atoms with van der Waals surface area (Å²) in [6.45, 7) is 1.35. The first kappa shape index (κ1) is 13.3. The first-order valence-electron chi connectivity index (χ1n) is 5.99. The van der Waals surface area contributed by atoms with E-state index in [0.717, 1.165) is 5.69 Å². The highest BCUT2D eigenvalue weighted by Crippen LogP contribution is 2.18. The topological polar surface area (TPSA) is 87.8 Å². The lowest BCUT2D eigenvalue weighted by Gasteiger charge is -2.39. The lowest BCUT2D eigenvalue weighted by Crippen LogP contribution is -2.54. The number of β-amino-alcohol motifs (C(OH)–C–C–N with tert-alkyl or cyclic N) is 1. The van der Waals surface area contributed by atoms with Crippen LogP contribution in [-0.2, 0) is 4.79 Å². The summed E-state index contributed by atoms with van der Waals surface area (Å²) in [5.74, 6) is -0.939. The molecule has 2 rings (SSSR count). The number of carbonyl (C=O) groups is 1. The molecule has 100 valence electrons. The minimum atomic E-state index is -0.939. The van der Waals surface area contributed by atoms with Gasteiger partial charge in [-0.25, -0.2) is 0 Å². The fourth-order valence-corrected chi connectivity index (χ4v) is 2.14. The molecule has 1 heterocycles. The van der Waals surface area contributed by atoms with Gasteiger partial charge in [-0.3, -0.25) is 9.69 Å².